The maximum absolute atomic E-state index is 12.8. The van der Waals surface area contributed by atoms with Crippen molar-refractivity contribution >= 4 is 29.9 Å². The number of rotatable bonds is 8. The number of guanidine groups is 1. The van der Waals surface area contributed by atoms with Crippen LogP contribution in [0.3, 0.4) is 0 Å². The minimum Gasteiger partial charge on any atom is -0.494 e. The molecular formula is C19H29FIN5O. The van der Waals surface area contributed by atoms with Gasteiger partial charge in [0.15, 0.2) is 5.96 Å². The van der Waals surface area contributed by atoms with Crippen LogP contribution in [0.2, 0.25) is 0 Å². The molecule has 0 atom stereocenters. The Balaban J connectivity index is 0.00000364. The molecule has 2 aromatic rings. The molecule has 1 heterocycles. The molecule has 0 bridgehead atoms. The number of ether oxygens (including phenoxy) is 1. The van der Waals surface area contributed by atoms with E-state index in [-0.39, 0.29) is 29.8 Å². The van der Waals surface area contributed by atoms with Crippen LogP contribution in [0.25, 0.3) is 0 Å². The SMILES string of the molecule is CCNC(=NCc1c(C)nn(C)c1C)NCCCOc1ccc(F)cc1.I. The minimum atomic E-state index is -0.260. The molecule has 2 N–H and O–H groups in total. The first-order valence-corrected chi connectivity index (χ1v) is 8.91. The second-order valence-electron chi connectivity index (χ2n) is 6.05. The summed E-state index contributed by atoms with van der Waals surface area (Å²) in [5.74, 6) is 1.19. The molecule has 6 nitrogen and oxygen atoms in total. The standard InChI is InChI=1S/C19H28FN5O.HI/c1-5-21-19(23-13-18-14(2)24-25(4)15(18)3)22-11-6-12-26-17-9-7-16(20)8-10-17;/h7-10H,5-6,11-13H2,1-4H3,(H2,21,22,23);1H. The monoisotopic (exact) mass is 489 g/mol. The molecule has 150 valence electrons. The number of halogens is 2. The minimum absolute atomic E-state index is 0. The van der Waals surface area contributed by atoms with Gasteiger partial charge >= 0.3 is 0 Å². The van der Waals surface area contributed by atoms with Gasteiger partial charge in [-0.25, -0.2) is 9.38 Å². The molecule has 1 aromatic heterocycles. The summed E-state index contributed by atoms with van der Waals surface area (Å²) < 4.78 is 20.3. The van der Waals surface area contributed by atoms with E-state index < -0.39 is 0 Å². The van der Waals surface area contributed by atoms with E-state index in [1.807, 2.05) is 25.6 Å². The number of aryl methyl sites for hydroxylation is 2. The highest BCUT2D eigenvalue weighted by Gasteiger charge is 2.08. The Bertz CT molecular complexity index is 730. The Morgan fingerprint density at radius 2 is 1.93 bits per heavy atom. The van der Waals surface area contributed by atoms with Gasteiger partial charge in [-0.15, -0.1) is 24.0 Å². The van der Waals surface area contributed by atoms with Gasteiger partial charge in [0.05, 0.1) is 18.8 Å². The molecular weight excluding hydrogens is 460 g/mol. The van der Waals surface area contributed by atoms with Crippen molar-refractivity contribution in [2.45, 2.75) is 33.7 Å². The van der Waals surface area contributed by atoms with E-state index in [1.54, 1.807) is 12.1 Å². The number of nitrogens with zero attached hydrogens (tertiary/aromatic N) is 3. The van der Waals surface area contributed by atoms with E-state index >= 15 is 0 Å². The van der Waals surface area contributed by atoms with E-state index in [0.29, 0.717) is 18.9 Å². The molecule has 0 radical (unpaired) electrons. The molecule has 0 unspecified atom stereocenters. The lowest BCUT2D eigenvalue weighted by Gasteiger charge is -2.12. The highest BCUT2D eigenvalue weighted by atomic mass is 127. The van der Waals surface area contributed by atoms with Crippen molar-refractivity contribution in [2.24, 2.45) is 12.0 Å². The van der Waals surface area contributed by atoms with Crippen LogP contribution in [0.5, 0.6) is 5.75 Å². The van der Waals surface area contributed by atoms with Gasteiger partial charge in [-0.05, 0) is 51.5 Å². The fraction of sp³-hybridized carbons (Fsp3) is 0.474. The zero-order valence-electron chi connectivity index (χ0n) is 16.4. The molecule has 2 rings (SSSR count). The number of aliphatic imine (C=N–C) groups is 1. The summed E-state index contributed by atoms with van der Waals surface area (Å²) in [6.45, 7) is 8.77. The molecule has 0 spiro atoms. The smallest absolute Gasteiger partial charge is 0.191 e. The van der Waals surface area contributed by atoms with Gasteiger partial charge in [0, 0.05) is 31.4 Å². The normalized spacial score (nSPS) is 11.1. The first kappa shape index (κ1) is 23.2. The van der Waals surface area contributed by atoms with Crippen LogP contribution >= 0.6 is 24.0 Å². The van der Waals surface area contributed by atoms with Crippen molar-refractivity contribution in [1.29, 1.82) is 0 Å². The predicted octanol–water partition coefficient (Wildman–Crippen LogP) is 3.32. The second kappa shape index (κ2) is 11.8. The van der Waals surface area contributed by atoms with Crippen LogP contribution in [0.4, 0.5) is 4.39 Å². The van der Waals surface area contributed by atoms with Crippen LogP contribution in [0.1, 0.15) is 30.3 Å². The van der Waals surface area contributed by atoms with Crippen LogP contribution in [-0.2, 0) is 13.6 Å². The molecule has 0 aliphatic heterocycles. The number of benzene rings is 1. The first-order valence-electron chi connectivity index (χ1n) is 8.91. The predicted molar refractivity (Wildman–Crippen MR) is 117 cm³/mol. The van der Waals surface area contributed by atoms with Gasteiger partial charge in [0.25, 0.3) is 0 Å². The van der Waals surface area contributed by atoms with Crippen molar-refractivity contribution in [2.75, 3.05) is 19.7 Å². The van der Waals surface area contributed by atoms with Crippen LogP contribution < -0.4 is 15.4 Å². The van der Waals surface area contributed by atoms with Crippen molar-refractivity contribution in [3.8, 4) is 5.75 Å². The third-order valence-corrected chi connectivity index (χ3v) is 4.09. The molecule has 0 saturated heterocycles. The van der Waals surface area contributed by atoms with Gasteiger partial charge in [-0.2, -0.15) is 5.10 Å². The first-order chi connectivity index (χ1) is 12.5. The molecule has 0 amide bonds. The quantitative estimate of drug-likeness (QED) is 0.259. The summed E-state index contributed by atoms with van der Waals surface area (Å²) in [4.78, 5) is 4.64. The Morgan fingerprint density at radius 1 is 1.22 bits per heavy atom. The summed E-state index contributed by atoms with van der Waals surface area (Å²) in [5.41, 5.74) is 3.30. The maximum Gasteiger partial charge on any atom is 0.191 e. The zero-order valence-corrected chi connectivity index (χ0v) is 18.7. The summed E-state index contributed by atoms with van der Waals surface area (Å²) in [5, 5.41) is 11.0. The van der Waals surface area contributed by atoms with E-state index in [9.17, 15) is 4.39 Å². The van der Waals surface area contributed by atoms with Gasteiger partial charge in [-0.3, -0.25) is 4.68 Å². The van der Waals surface area contributed by atoms with Crippen LogP contribution in [0, 0.1) is 19.7 Å². The van der Waals surface area contributed by atoms with Crippen molar-refractivity contribution in [3.63, 3.8) is 0 Å². The van der Waals surface area contributed by atoms with Crippen LogP contribution in [0.15, 0.2) is 29.3 Å². The summed E-state index contributed by atoms with van der Waals surface area (Å²) >= 11 is 0. The lowest BCUT2D eigenvalue weighted by molar-refractivity contribution is 0.310. The summed E-state index contributed by atoms with van der Waals surface area (Å²) in [6.07, 6.45) is 0.812. The highest BCUT2D eigenvalue weighted by molar-refractivity contribution is 14.0. The molecule has 0 aliphatic carbocycles. The highest BCUT2D eigenvalue weighted by Crippen LogP contribution is 2.13. The number of hydrogen-bond donors (Lipinski definition) is 2. The molecule has 0 saturated carbocycles. The van der Waals surface area contributed by atoms with Gasteiger partial charge in [0.2, 0.25) is 0 Å². The average molecular weight is 489 g/mol. The lowest BCUT2D eigenvalue weighted by atomic mass is 10.2. The van der Waals surface area contributed by atoms with Crippen molar-refractivity contribution < 1.29 is 9.13 Å². The Labute approximate surface area is 177 Å². The van der Waals surface area contributed by atoms with Gasteiger partial charge < -0.3 is 15.4 Å². The molecule has 8 heteroatoms. The maximum atomic E-state index is 12.8. The summed E-state index contributed by atoms with van der Waals surface area (Å²) in [7, 11) is 1.94. The topological polar surface area (TPSA) is 63.5 Å². The van der Waals surface area contributed by atoms with E-state index in [4.69, 9.17) is 4.74 Å². The van der Waals surface area contributed by atoms with Crippen molar-refractivity contribution in [3.05, 3.63) is 47.0 Å². The van der Waals surface area contributed by atoms with Gasteiger partial charge in [-0.1, -0.05) is 0 Å². The lowest BCUT2D eigenvalue weighted by Crippen LogP contribution is -2.38. The van der Waals surface area contributed by atoms with Gasteiger partial charge in [0.1, 0.15) is 11.6 Å². The number of aromatic nitrogens is 2. The molecule has 0 aliphatic rings. The molecule has 1 aromatic carbocycles. The largest absolute Gasteiger partial charge is 0.494 e. The van der Waals surface area contributed by atoms with E-state index in [1.165, 1.54) is 12.1 Å². The fourth-order valence-corrected chi connectivity index (χ4v) is 2.55. The fourth-order valence-electron chi connectivity index (χ4n) is 2.55. The number of hydrogen-bond acceptors (Lipinski definition) is 3. The second-order valence-corrected chi connectivity index (χ2v) is 6.05. The third-order valence-electron chi connectivity index (χ3n) is 4.09. The van der Waals surface area contributed by atoms with E-state index in [2.05, 4.69) is 27.6 Å². The van der Waals surface area contributed by atoms with E-state index in [0.717, 1.165) is 42.4 Å². The Hall–Kier alpha value is -1.84. The van der Waals surface area contributed by atoms with Crippen molar-refractivity contribution in [1.82, 2.24) is 20.4 Å². The average Bonchev–Trinajstić information content (AvgIpc) is 2.86. The number of nitrogens with one attached hydrogen (secondary N) is 2. The molecule has 27 heavy (non-hydrogen) atoms. The molecule has 0 fully saturated rings. The summed E-state index contributed by atoms with van der Waals surface area (Å²) in [6, 6.07) is 6.05. The Kier molecular flexibility index (Phi) is 10.1. The Morgan fingerprint density at radius 3 is 2.52 bits per heavy atom. The zero-order chi connectivity index (χ0) is 18.9. The van der Waals surface area contributed by atoms with Crippen LogP contribution in [-0.4, -0.2) is 35.4 Å². The third kappa shape index (κ3) is 7.36.